The molecule has 1 aliphatic rings. The molecule has 170 valence electrons. The second-order valence-corrected chi connectivity index (χ2v) is 10.0. The molecule has 0 aliphatic heterocycles. The summed E-state index contributed by atoms with van der Waals surface area (Å²) in [5.41, 5.74) is 2.33. The summed E-state index contributed by atoms with van der Waals surface area (Å²) in [5, 5.41) is 25.2. The largest absolute Gasteiger partial charge is 0.326 e. The number of carbonyl (C=O) groups excluding carboxylic acids is 2. The van der Waals surface area contributed by atoms with E-state index in [1.807, 2.05) is 0 Å². The maximum Gasteiger partial charge on any atom is 0.235 e. The first-order valence-electron chi connectivity index (χ1n) is 10.4. The van der Waals surface area contributed by atoms with Crippen LogP contribution in [0.25, 0.3) is 0 Å². The quantitative estimate of drug-likeness (QED) is 0.470. The normalized spacial score (nSPS) is 12.6. The molecular formula is C22H21ClN6O2S2. The number of rotatable bonds is 7. The highest BCUT2D eigenvalue weighted by atomic mass is 35.5. The van der Waals surface area contributed by atoms with Crippen LogP contribution >= 0.6 is 34.7 Å². The van der Waals surface area contributed by atoms with E-state index < -0.39 is 0 Å². The summed E-state index contributed by atoms with van der Waals surface area (Å²) < 4.78 is 1.70. The molecular weight excluding hydrogens is 480 g/mol. The number of fused-ring (bicyclic) bond motifs is 1. The number of hydrogen-bond acceptors (Lipinski definition) is 7. The highest BCUT2D eigenvalue weighted by Crippen LogP contribution is 2.37. The zero-order chi connectivity index (χ0) is 23.4. The molecule has 0 fully saturated rings. The summed E-state index contributed by atoms with van der Waals surface area (Å²) in [7, 11) is 1.76. The smallest absolute Gasteiger partial charge is 0.235 e. The number of thiophene rings is 1. The van der Waals surface area contributed by atoms with Gasteiger partial charge < -0.3 is 15.2 Å². The summed E-state index contributed by atoms with van der Waals surface area (Å²) in [6.45, 7) is 0. The summed E-state index contributed by atoms with van der Waals surface area (Å²) in [6, 6.07) is 9.09. The summed E-state index contributed by atoms with van der Waals surface area (Å²) in [5.74, 6) is 0.172. The molecule has 33 heavy (non-hydrogen) atoms. The summed E-state index contributed by atoms with van der Waals surface area (Å²) in [6.07, 6.45) is 4.10. The number of nitrogens with zero attached hydrogens (tertiary/aromatic N) is 4. The molecule has 11 heteroatoms. The van der Waals surface area contributed by atoms with Crippen LogP contribution < -0.4 is 10.6 Å². The van der Waals surface area contributed by atoms with Crippen molar-refractivity contribution in [2.75, 3.05) is 16.4 Å². The van der Waals surface area contributed by atoms with Crippen LogP contribution in [-0.4, -0.2) is 32.3 Å². The number of hydrogen-bond donors (Lipinski definition) is 2. The molecule has 3 aromatic rings. The molecule has 8 nitrogen and oxygen atoms in total. The van der Waals surface area contributed by atoms with Gasteiger partial charge in [-0.1, -0.05) is 23.4 Å². The molecule has 0 unspecified atom stereocenters. The third-order valence-corrected chi connectivity index (χ3v) is 7.72. The first kappa shape index (κ1) is 23.3. The maximum absolute atomic E-state index is 12.5. The van der Waals surface area contributed by atoms with Crippen LogP contribution in [0.15, 0.2) is 29.4 Å². The Labute approximate surface area is 204 Å². The van der Waals surface area contributed by atoms with E-state index in [0.717, 1.165) is 31.2 Å². The lowest BCUT2D eigenvalue weighted by Crippen LogP contribution is -2.17. The molecule has 2 aromatic heterocycles. The van der Waals surface area contributed by atoms with Gasteiger partial charge in [-0.15, -0.1) is 21.5 Å². The van der Waals surface area contributed by atoms with Crippen molar-refractivity contribution >= 4 is 57.2 Å². The van der Waals surface area contributed by atoms with Crippen LogP contribution in [0.5, 0.6) is 0 Å². The van der Waals surface area contributed by atoms with E-state index in [4.69, 9.17) is 11.6 Å². The third-order valence-electron chi connectivity index (χ3n) is 5.24. The van der Waals surface area contributed by atoms with Crippen molar-refractivity contribution in [1.82, 2.24) is 14.8 Å². The van der Waals surface area contributed by atoms with Crippen molar-refractivity contribution in [3.8, 4) is 6.07 Å². The lowest BCUT2D eigenvalue weighted by molar-refractivity contribution is -0.116. The van der Waals surface area contributed by atoms with E-state index in [-0.39, 0.29) is 24.0 Å². The Morgan fingerprint density at radius 2 is 1.94 bits per heavy atom. The van der Waals surface area contributed by atoms with Gasteiger partial charge in [0.05, 0.1) is 17.7 Å². The zero-order valence-electron chi connectivity index (χ0n) is 17.9. The van der Waals surface area contributed by atoms with Crippen molar-refractivity contribution in [3.63, 3.8) is 0 Å². The fourth-order valence-corrected chi connectivity index (χ4v) is 5.68. The number of benzene rings is 1. The van der Waals surface area contributed by atoms with Crippen molar-refractivity contribution < 1.29 is 9.59 Å². The van der Waals surface area contributed by atoms with Crippen LogP contribution in [0.4, 0.5) is 10.7 Å². The van der Waals surface area contributed by atoms with Gasteiger partial charge in [0, 0.05) is 22.6 Å². The van der Waals surface area contributed by atoms with E-state index in [0.29, 0.717) is 32.3 Å². The number of nitrogens with one attached hydrogen (secondary N) is 2. The van der Waals surface area contributed by atoms with Gasteiger partial charge >= 0.3 is 0 Å². The molecule has 0 saturated carbocycles. The minimum Gasteiger partial charge on any atom is -0.326 e. The molecule has 2 heterocycles. The van der Waals surface area contributed by atoms with E-state index >= 15 is 0 Å². The number of aromatic nitrogens is 3. The first-order chi connectivity index (χ1) is 15.9. The number of carbonyl (C=O) groups is 2. The highest BCUT2D eigenvalue weighted by molar-refractivity contribution is 7.99. The Morgan fingerprint density at radius 1 is 1.18 bits per heavy atom. The maximum atomic E-state index is 12.5. The van der Waals surface area contributed by atoms with E-state index in [2.05, 4.69) is 26.9 Å². The van der Waals surface area contributed by atoms with Gasteiger partial charge in [-0.05, 0) is 55.5 Å². The molecule has 1 aromatic carbocycles. The summed E-state index contributed by atoms with van der Waals surface area (Å²) in [4.78, 5) is 26.0. The topological polar surface area (TPSA) is 113 Å². The lowest BCUT2D eigenvalue weighted by Gasteiger charge is -2.09. The second kappa shape index (κ2) is 10.4. The predicted molar refractivity (Wildman–Crippen MR) is 130 cm³/mol. The molecule has 0 spiro atoms. The summed E-state index contributed by atoms with van der Waals surface area (Å²) >= 11 is 8.59. The minimum absolute atomic E-state index is 0.0468. The number of anilines is 2. The van der Waals surface area contributed by atoms with E-state index in [1.54, 1.807) is 35.9 Å². The SMILES string of the molecule is Cn1c(CC(=O)Nc2ccc(Cl)cc2)nnc1SCC(=O)Nc1sc2c(c1C#N)CCCC2. The standard InChI is InChI=1S/C22H21ClN6O2S2/c1-29-18(10-19(30)25-14-8-6-13(23)7-9-14)27-28-22(29)32-12-20(31)26-21-16(11-24)15-4-2-3-5-17(15)33-21/h6-9H,2-5,10,12H2,1H3,(H,25,30)(H,26,31). The molecule has 4 rings (SSSR count). The second-order valence-electron chi connectivity index (χ2n) is 7.55. The Morgan fingerprint density at radius 3 is 2.70 bits per heavy atom. The van der Waals surface area contributed by atoms with E-state index in [9.17, 15) is 14.9 Å². The Hall–Kier alpha value is -2.87. The van der Waals surface area contributed by atoms with Crippen molar-refractivity contribution in [2.24, 2.45) is 7.05 Å². The van der Waals surface area contributed by atoms with Crippen molar-refractivity contribution in [1.29, 1.82) is 5.26 Å². The third kappa shape index (κ3) is 5.55. The molecule has 2 amide bonds. The first-order valence-corrected chi connectivity index (χ1v) is 12.5. The predicted octanol–water partition coefficient (Wildman–Crippen LogP) is 4.19. The Balaban J connectivity index is 1.33. The molecule has 0 bridgehead atoms. The Bertz CT molecular complexity index is 1230. The van der Waals surface area contributed by atoms with Gasteiger partial charge in [0.25, 0.3) is 0 Å². The highest BCUT2D eigenvalue weighted by Gasteiger charge is 2.22. The number of amides is 2. The van der Waals surface area contributed by atoms with Gasteiger partial charge in [0.15, 0.2) is 5.16 Å². The van der Waals surface area contributed by atoms with Crippen molar-refractivity contribution in [2.45, 2.75) is 37.3 Å². The number of halogens is 1. The van der Waals surface area contributed by atoms with E-state index in [1.165, 1.54) is 28.0 Å². The Kier molecular flexibility index (Phi) is 7.33. The monoisotopic (exact) mass is 500 g/mol. The van der Waals surface area contributed by atoms with Gasteiger partial charge in [0.2, 0.25) is 11.8 Å². The average molecular weight is 501 g/mol. The lowest BCUT2D eigenvalue weighted by atomic mass is 9.96. The fourth-order valence-electron chi connectivity index (χ4n) is 3.57. The molecule has 0 saturated heterocycles. The van der Waals surface area contributed by atoms with Crippen LogP contribution in [-0.2, 0) is 35.9 Å². The van der Waals surface area contributed by atoms with Crippen LogP contribution in [0.2, 0.25) is 5.02 Å². The number of nitriles is 1. The average Bonchev–Trinajstić information content (AvgIpc) is 3.33. The number of aryl methyl sites for hydroxylation is 1. The van der Waals surface area contributed by atoms with Gasteiger partial charge in [0.1, 0.15) is 16.9 Å². The molecule has 1 aliphatic carbocycles. The van der Waals surface area contributed by atoms with Crippen LogP contribution in [0.3, 0.4) is 0 Å². The van der Waals surface area contributed by atoms with Gasteiger partial charge in [-0.2, -0.15) is 5.26 Å². The molecule has 0 radical (unpaired) electrons. The zero-order valence-corrected chi connectivity index (χ0v) is 20.2. The minimum atomic E-state index is -0.229. The fraction of sp³-hybridized carbons (Fsp3) is 0.318. The molecule has 2 N–H and O–H groups in total. The van der Waals surface area contributed by atoms with Crippen molar-refractivity contribution in [3.05, 3.63) is 51.1 Å². The number of thioether (sulfide) groups is 1. The molecule has 0 atom stereocenters. The van der Waals surface area contributed by atoms with Crippen LogP contribution in [0, 0.1) is 11.3 Å². The van der Waals surface area contributed by atoms with Gasteiger partial charge in [-0.3, -0.25) is 9.59 Å². The van der Waals surface area contributed by atoms with Gasteiger partial charge in [-0.25, -0.2) is 0 Å². The van der Waals surface area contributed by atoms with Crippen LogP contribution in [0.1, 0.15) is 34.7 Å².